The molecule has 4 heteroatoms. The highest BCUT2D eigenvalue weighted by atomic mass is 19.3. The van der Waals surface area contributed by atoms with Gasteiger partial charge in [0.25, 0.3) is 6.43 Å². The van der Waals surface area contributed by atoms with Crippen molar-refractivity contribution in [2.45, 2.75) is 41.0 Å². The average Bonchev–Trinajstić information content (AvgIpc) is 2.34. The van der Waals surface area contributed by atoms with Gasteiger partial charge in [0.2, 0.25) is 0 Å². The van der Waals surface area contributed by atoms with Gasteiger partial charge in [0.1, 0.15) is 0 Å². The second-order valence-electron chi connectivity index (χ2n) is 2.73. The Bertz CT molecular complexity index is 336. The Morgan fingerprint density at radius 3 is 2.00 bits per heavy atom. The Hall–Kier alpha value is -1.45. The highest BCUT2D eigenvalue weighted by Crippen LogP contribution is 2.26. The number of nitrogens with two attached hydrogens (primary N) is 1. The molecule has 0 saturated carbocycles. The van der Waals surface area contributed by atoms with Crippen LogP contribution in [0.15, 0.2) is 12.1 Å². The molecule has 0 aliphatic rings. The van der Waals surface area contributed by atoms with E-state index in [-0.39, 0.29) is 5.56 Å². The average molecular weight is 244 g/mol. The SMILES string of the molecule is CC.CC.Cc1c(C(F)F)ccc(N)c1C=N. The molecule has 1 aromatic rings. The number of benzene rings is 1. The first-order valence-electron chi connectivity index (χ1n) is 5.75. The van der Waals surface area contributed by atoms with Crippen LogP contribution in [0.3, 0.4) is 0 Å². The Morgan fingerprint density at radius 1 is 1.18 bits per heavy atom. The molecule has 0 aliphatic carbocycles. The molecule has 0 radical (unpaired) electrons. The zero-order chi connectivity index (χ0) is 14.0. The second-order valence-corrected chi connectivity index (χ2v) is 2.73. The summed E-state index contributed by atoms with van der Waals surface area (Å²) < 4.78 is 24.7. The molecule has 0 spiro atoms. The van der Waals surface area contributed by atoms with E-state index < -0.39 is 6.43 Å². The van der Waals surface area contributed by atoms with Crippen LogP contribution in [0, 0.1) is 12.3 Å². The van der Waals surface area contributed by atoms with Crippen LogP contribution in [-0.2, 0) is 0 Å². The molecule has 1 aromatic carbocycles. The topological polar surface area (TPSA) is 49.9 Å². The second kappa shape index (κ2) is 9.75. The van der Waals surface area contributed by atoms with Crippen molar-refractivity contribution in [1.29, 1.82) is 5.41 Å². The molecule has 0 amide bonds. The number of halogens is 2. The smallest absolute Gasteiger partial charge is 0.264 e. The maximum absolute atomic E-state index is 12.4. The summed E-state index contributed by atoms with van der Waals surface area (Å²) in [6.45, 7) is 9.54. The summed E-state index contributed by atoms with van der Waals surface area (Å²) in [6.07, 6.45) is -1.52. The number of alkyl halides is 2. The monoisotopic (exact) mass is 244 g/mol. The van der Waals surface area contributed by atoms with Gasteiger partial charge in [-0.15, -0.1) is 0 Å². The Labute approximate surface area is 102 Å². The third-order valence-electron chi connectivity index (χ3n) is 1.97. The molecule has 17 heavy (non-hydrogen) atoms. The highest BCUT2D eigenvalue weighted by molar-refractivity contribution is 5.87. The molecule has 3 N–H and O–H groups in total. The van der Waals surface area contributed by atoms with Gasteiger partial charge in [0.15, 0.2) is 0 Å². The van der Waals surface area contributed by atoms with Gasteiger partial charge < -0.3 is 11.1 Å². The minimum atomic E-state index is -2.51. The van der Waals surface area contributed by atoms with Gasteiger partial charge in [0.05, 0.1) is 0 Å². The molecular formula is C13H22F2N2. The van der Waals surface area contributed by atoms with E-state index in [1.807, 2.05) is 27.7 Å². The number of nitrogens with one attached hydrogen (secondary N) is 1. The van der Waals surface area contributed by atoms with Gasteiger partial charge in [0, 0.05) is 23.0 Å². The molecule has 1 rings (SSSR count). The first-order chi connectivity index (χ1) is 8.07. The molecule has 0 saturated heterocycles. The minimum absolute atomic E-state index is 0.0623. The van der Waals surface area contributed by atoms with Gasteiger partial charge in [-0.05, 0) is 18.6 Å². The van der Waals surface area contributed by atoms with Crippen LogP contribution in [0.5, 0.6) is 0 Å². The Balaban J connectivity index is 0. The summed E-state index contributed by atoms with van der Waals surface area (Å²) in [6, 6.07) is 2.69. The van der Waals surface area contributed by atoms with Crippen molar-refractivity contribution >= 4 is 11.9 Å². The van der Waals surface area contributed by atoms with Crippen molar-refractivity contribution in [3.05, 3.63) is 28.8 Å². The van der Waals surface area contributed by atoms with Crippen molar-refractivity contribution in [1.82, 2.24) is 0 Å². The molecular weight excluding hydrogens is 222 g/mol. The lowest BCUT2D eigenvalue weighted by Crippen LogP contribution is -2.00. The fourth-order valence-corrected chi connectivity index (χ4v) is 1.19. The van der Waals surface area contributed by atoms with Crippen molar-refractivity contribution in [3.63, 3.8) is 0 Å². The normalized spacial score (nSPS) is 8.71. The lowest BCUT2D eigenvalue weighted by molar-refractivity contribution is 0.150. The fourth-order valence-electron chi connectivity index (χ4n) is 1.19. The van der Waals surface area contributed by atoms with Crippen LogP contribution < -0.4 is 5.73 Å². The van der Waals surface area contributed by atoms with E-state index in [0.29, 0.717) is 16.8 Å². The highest BCUT2D eigenvalue weighted by Gasteiger charge is 2.13. The maximum atomic E-state index is 12.4. The molecule has 0 aliphatic heterocycles. The van der Waals surface area contributed by atoms with E-state index in [1.165, 1.54) is 19.1 Å². The Morgan fingerprint density at radius 2 is 1.65 bits per heavy atom. The fraction of sp³-hybridized carbons (Fsp3) is 0.462. The molecule has 98 valence electrons. The quantitative estimate of drug-likeness (QED) is 0.581. The molecule has 2 nitrogen and oxygen atoms in total. The van der Waals surface area contributed by atoms with Crippen LogP contribution in [0.25, 0.3) is 0 Å². The number of hydrogen-bond acceptors (Lipinski definition) is 2. The lowest BCUT2D eigenvalue weighted by Gasteiger charge is -2.09. The summed E-state index contributed by atoms with van der Waals surface area (Å²) in [7, 11) is 0. The molecule has 0 unspecified atom stereocenters. The molecule has 0 fully saturated rings. The van der Waals surface area contributed by atoms with Gasteiger partial charge >= 0.3 is 0 Å². The van der Waals surface area contributed by atoms with E-state index >= 15 is 0 Å². The van der Waals surface area contributed by atoms with E-state index in [4.69, 9.17) is 11.1 Å². The van der Waals surface area contributed by atoms with E-state index in [1.54, 1.807) is 0 Å². The molecule has 0 aromatic heterocycles. The van der Waals surface area contributed by atoms with Gasteiger partial charge in [-0.3, -0.25) is 0 Å². The summed E-state index contributed by atoms with van der Waals surface area (Å²) in [5.41, 5.74) is 6.55. The lowest BCUT2D eigenvalue weighted by atomic mass is 10.0. The van der Waals surface area contributed by atoms with Crippen LogP contribution >= 0.6 is 0 Å². The molecule has 0 heterocycles. The predicted molar refractivity (Wildman–Crippen MR) is 71.1 cm³/mol. The standard InChI is InChI=1S/C9H10F2N2.2C2H6/c1-5-6(9(10)11)2-3-8(13)7(5)4-12;2*1-2/h2-4,9,12H,13H2,1H3;2*1-2H3. The van der Waals surface area contributed by atoms with Gasteiger partial charge in [-0.2, -0.15) is 0 Å². The zero-order valence-electron chi connectivity index (χ0n) is 11.1. The third-order valence-corrected chi connectivity index (χ3v) is 1.97. The number of anilines is 1. The maximum Gasteiger partial charge on any atom is 0.264 e. The summed E-state index contributed by atoms with van der Waals surface area (Å²) in [5.74, 6) is 0. The number of hydrogen-bond donors (Lipinski definition) is 2. The molecule has 0 bridgehead atoms. The third kappa shape index (κ3) is 4.93. The summed E-state index contributed by atoms with van der Waals surface area (Å²) in [5, 5.41) is 7.01. The van der Waals surface area contributed by atoms with Crippen LogP contribution in [-0.4, -0.2) is 6.21 Å². The number of nitrogen functional groups attached to an aromatic ring is 1. The van der Waals surface area contributed by atoms with E-state index in [9.17, 15) is 8.78 Å². The zero-order valence-corrected chi connectivity index (χ0v) is 11.1. The minimum Gasteiger partial charge on any atom is -0.398 e. The summed E-state index contributed by atoms with van der Waals surface area (Å²) in [4.78, 5) is 0. The first kappa shape index (κ1) is 17.9. The van der Waals surface area contributed by atoms with Gasteiger partial charge in [-0.25, -0.2) is 8.78 Å². The van der Waals surface area contributed by atoms with Crippen LogP contribution in [0.4, 0.5) is 14.5 Å². The van der Waals surface area contributed by atoms with Gasteiger partial charge in [-0.1, -0.05) is 33.8 Å². The van der Waals surface area contributed by atoms with Crippen molar-refractivity contribution in [2.75, 3.05) is 5.73 Å². The van der Waals surface area contributed by atoms with Crippen LogP contribution in [0.2, 0.25) is 0 Å². The van der Waals surface area contributed by atoms with E-state index in [2.05, 4.69) is 0 Å². The predicted octanol–water partition coefficient (Wildman–Crippen LogP) is 4.56. The van der Waals surface area contributed by atoms with E-state index in [0.717, 1.165) is 6.21 Å². The Kier molecular flexibility index (Phi) is 10.3. The number of rotatable bonds is 2. The van der Waals surface area contributed by atoms with Crippen molar-refractivity contribution < 1.29 is 8.78 Å². The molecule has 0 atom stereocenters. The first-order valence-corrected chi connectivity index (χ1v) is 5.75. The summed E-state index contributed by atoms with van der Waals surface area (Å²) >= 11 is 0. The largest absolute Gasteiger partial charge is 0.398 e. The van der Waals surface area contributed by atoms with Crippen molar-refractivity contribution in [2.24, 2.45) is 0 Å². The van der Waals surface area contributed by atoms with Crippen molar-refractivity contribution in [3.8, 4) is 0 Å². The van der Waals surface area contributed by atoms with Crippen LogP contribution in [0.1, 0.15) is 50.8 Å².